The van der Waals surface area contributed by atoms with Crippen LogP contribution in [0.5, 0.6) is 0 Å². The first-order valence-corrected chi connectivity index (χ1v) is 6.25. The predicted molar refractivity (Wildman–Crippen MR) is 67.8 cm³/mol. The van der Waals surface area contributed by atoms with Gasteiger partial charge in [-0.25, -0.2) is 0 Å². The molecular weight excluding hydrogens is 232 g/mol. The lowest BCUT2D eigenvalue weighted by atomic mass is 9.79. The molecule has 18 heavy (non-hydrogen) atoms. The molecule has 0 aliphatic heterocycles. The Hall–Kier alpha value is -1.58. The highest BCUT2D eigenvalue weighted by molar-refractivity contribution is 5.82. The van der Waals surface area contributed by atoms with Gasteiger partial charge in [-0.1, -0.05) is 38.2 Å². The first-order valence-electron chi connectivity index (χ1n) is 6.25. The molecule has 100 valence electrons. The van der Waals surface area contributed by atoms with Crippen LogP contribution in [0.4, 0.5) is 0 Å². The van der Waals surface area contributed by atoms with Crippen LogP contribution in [0.1, 0.15) is 25.7 Å². The number of esters is 2. The molecule has 0 aromatic carbocycles. The number of rotatable bonds is 6. The zero-order chi connectivity index (χ0) is 13.4. The Morgan fingerprint density at radius 1 is 0.944 bits per heavy atom. The molecule has 4 nitrogen and oxygen atoms in total. The summed E-state index contributed by atoms with van der Waals surface area (Å²) < 4.78 is 10.1. The summed E-state index contributed by atoms with van der Waals surface area (Å²) in [6.07, 6.45) is 6.30. The number of carbonyl (C=O) groups excluding carboxylic acids is 2. The largest absolute Gasteiger partial charge is 0.461 e. The molecule has 1 rings (SSSR count). The summed E-state index contributed by atoms with van der Waals surface area (Å²) in [7, 11) is 0. The summed E-state index contributed by atoms with van der Waals surface area (Å²) in [5.41, 5.74) is 0. The fraction of sp³-hybridized carbons (Fsp3) is 0.571. The minimum absolute atomic E-state index is 0.184. The molecule has 0 N–H and O–H groups in total. The van der Waals surface area contributed by atoms with E-state index in [1.165, 1.54) is 12.2 Å². The maximum absolute atomic E-state index is 11.8. The molecular formula is C14H20O4. The van der Waals surface area contributed by atoms with E-state index in [0.717, 1.165) is 12.8 Å². The van der Waals surface area contributed by atoms with Gasteiger partial charge in [-0.05, 0) is 12.8 Å². The monoisotopic (exact) mass is 252 g/mol. The molecule has 0 amide bonds. The Balaban J connectivity index is 2.60. The lowest BCUT2D eigenvalue weighted by molar-refractivity contribution is -0.161. The van der Waals surface area contributed by atoms with E-state index in [4.69, 9.17) is 9.47 Å². The lowest BCUT2D eigenvalue weighted by Gasteiger charge is -2.27. The van der Waals surface area contributed by atoms with E-state index in [2.05, 4.69) is 13.2 Å². The second-order valence-corrected chi connectivity index (χ2v) is 4.33. The van der Waals surface area contributed by atoms with Crippen LogP contribution in [0, 0.1) is 11.8 Å². The predicted octanol–water partition coefficient (Wildman–Crippen LogP) is 2.25. The summed E-state index contributed by atoms with van der Waals surface area (Å²) in [6.45, 7) is 7.35. The first kappa shape index (κ1) is 14.5. The third kappa shape index (κ3) is 4.02. The first-order chi connectivity index (χ1) is 8.70. The van der Waals surface area contributed by atoms with Gasteiger partial charge < -0.3 is 9.47 Å². The molecule has 1 aliphatic carbocycles. The summed E-state index contributed by atoms with van der Waals surface area (Å²) >= 11 is 0. The van der Waals surface area contributed by atoms with Gasteiger partial charge in [0.15, 0.2) is 0 Å². The molecule has 2 atom stereocenters. The molecule has 1 fully saturated rings. The summed E-state index contributed by atoms with van der Waals surface area (Å²) in [6, 6.07) is 0. The second-order valence-electron chi connectivity index (χ2n) is 4.33. The molecule has 1 aliphatic rings. The quantitative estimate of drug-likeness (QED) is 0.537. The van der Waals surface area contributed by atoms with E-state index in [0.29, 0.717) is 12.8 Å². The average Bonchev–Trinajstić information content (AvgIpc) is 2.42. The van der Waals surface area contributed by atoms with E-state index in [-0.39, 0.29) is 37.0 Å². The van der Waals surface area contributed by atoms with Crippen molar-refractivity contribution in [2.24, 2.45) is 11.8 Å². The van der Waals surface area contributed by atoms with Crippen LogP contribution in [-0.2, 0) is 19.1 Å². The van der Waals surface area contributed by atoms with Crippen molar-refractivity contribution >= 4 is 11.9 Å². The highest BCUT2D eigenvalue weighted by Crippen LogP contribution is 2.32. The van der Waals surface area contributed by atoms with Crippen LogP contribution < -0.4 is 0 Å². The molecule has 4 heteroatoms. The third-order valence-electron chi connectivity index (χ3n) is 3.06. The number of hydrogen-bond donors (Lipinski definition) is 0. The standard InChI is InChI=1S/C14H20O4/c1-3-9-17-13(15)11-7-5-6-8-12(11)14(16)18-10-4-2/h3-4,11-12H,1-2,5-10H2/t11-,12-/m1/s1. The number of carbonyl (C=O) groups is 2. The van der Waals surface area contributed by atoms with Crippen molar-refractivity contribution in [2.45, 2.75) is 25.7 Å². The van der Waals surface area contributed by atoms with Crippen LogP contribution in [0.15, 0.2) is 25.3 Å². The summed E-state index contributed by atoms with van der Waals surface area (Å²) in [4.78, 5) is 23.7. The van der Waals surface area contributed by atoms with Gasteiger partial charge in [0, 0.05) is 0 Å². The van der Waals surface area contributed by atoms with Gasteiger partial charge in [-0.2, -0.15) is 0 Å². The van der Waals surface area contributed by atoms with Crippen LogP contribution in [0.3, 0.4) is 0 Å². The molecule has 0 aromatic heterocycles. The maximum Gasteiger partial charge on any atom is 0.310 e. The Bertz CT molecular complexity index is 290. The van der Waals surface area contributed by atoms with Crippen molar-refractivity contribution in [3.63, 3.8) is 0 Å². The SMILES string of the molecule is C=CCOC(=O)[C@@H]1CCCC[C@H]1C(=O)OCC=C. The fourth-order valence-electron chi connectivity index (χ4n) is 2.19. The van der Waals surface area contributed by atoms with Gasteiger partial charge in [-0.3, -0.25) is 9.59 Å². The van der Waals surface area contributed by atoms with Crippen LogP contribution in [-0.4, -0.2) is 25.2 Å². The van der Waals surface area contributed by atoms with Crippen LogP contribution >= 0.6 is 0 Å². The molecule has 1 saturated carbocycles. The minimum Gasteiger partial charge on any atom is -0.461 e. The van der Waals surface area contributed by atoms with Crippen molar-refractivity contribution in [3.8, 4) is 0 Å². The Kier molecular flexibility index (Phi) is 6.19. The average molecular weight is 252 g/mol. The zero-order valence-corrected chi connectivity index (χ0v) is 10.6. The highest BCUT2D eigenvalue weighted by atomic mass is 16.5. The summed E-state index contributed by atoms with van der Waals surface area (Å²) in [5, 5.41) is 0. The highest BCUT2D eigenvalue weighted by Gasteiger charge is 2.37. The van der Waals surface area contributed by atoms with E-state index in [1.54, 1.807) is 0 Å². The molecule has 0 aromatic rings. The number of ether oxygens (including phenoxy) is 2. The van der Waals surface area contributed by atoms with E-state index < -0.39 is 0 Å². The van der Waals surface area contributed by atoms with E-state index >= 15 is 0 Å². The van der Waals surface area contributed by atoms with Crippen LogP contribution in [0.25, 0.3) is 0 Å². The van der Waals surface area contributed by atoms with Gasteiger partial charge in [0.25, 0.3) is 0 Å². The van der Waals surface area contributed by atoms with Crippen molar-refractivity contribution in [3.05, 3.63) is 25.3 Å². The summed E-state index contributed by atoms with van der Waals surface area (Å²) in [5.74, 6) is -1.41. The molecule has 0 unspecified atom stereocenters. The molecule has 0 bridgehead atoms. The van der Waals surface area contributed by atoms with E-state index in [9.17, 15) is 9.59 Å². The Morgan fingerprint density at radius 3 is 1.67 bits per heavy atom. The van der Waals surface area contributed by atoms with Gasteiger partial charge in [0.1, 0.15) is 13.2 Å². The third-order valence-corrected chi connectivity index (χ3v) is 3.06. The molecule has 0 radical (unpaired) electrons. The van der Waals surface area contributed by atoms with Crippen molar-refractivity contribution in [1.82, 2.24) is 0 Å². The number of hydrogen-bond acceptors (Lipinski definition) is 4. The normalized spacial score (nSPS) is 22.9. The Morgan fingerprint density at radius 2 is 1.33 bits per heavy atom. The molecule has 0 spiro atoms. The fourth-order valence-corrected chi connectivity index (χ4v) is 2.19. The van der Waals surface area contributed by atoms with Crippen molar-refractivity contribution in [1.29, 1.82) is 0 Å². The molecule has 0 saturated heterocycles. The van der Waals surface area contributed by atoms with Crippen molar-refractivity contribution < 1.29 is 19.1 Å². The lowest BCUT2D eigenvalue weighted by Crippen LogP contribution is -2.35. The van der Waals surface area contributed by atoms with Gasteiger partial charge in [0.05, 0.1) is 11.8 Å². The van der Waals surface area contributed by atoms with Gasteiger partial charge in [0.2, 0.25) is 0 Å². The smallest absolute Gasteiger partial charge is 0.310 e. The van der Waals surface area contributed by atoms with Crippen LogP contribution in [0.2, 0.25) is 0 Å². The zero-order valence-electron chi connectivity index (χ0n) is 10.6. The molecule has 0 heterocycles. The topological polar surface area (TPSA) is 52.6 Å². The van der Waals surface area contributed by atoms with Gasteiger partial charge >= 0.3 is 11.9 Å². The Labute approximate surface area is 108 Å². The minimum atomic E-state index is -0.379. The second kappa shape index (κ2) is 7.69. The van der Waals surface area contributed by atoms with Gasteiger partial charge in [-0.15, -0.1) is 0 Å². The maximum atomic E-state index is 11.8. The van der Waals surface area contributed by atoms with E-state index in [1.807, 2.05) is 0 Å². The van der Waals surface area contributed by atoms with Crippen molar-refractivity contribution in [2.75, 3.05) is 13.2 Å².